The molecule has 2 N–H and O–H groups in total. The SMILES string of the molecule is C=CCCC(=O)N[C@@H](C)[C@H](OC(=O)[C@@H]1[C@H]2C(=O)N([C@@H](CO)CC(C)C)[C@H](C(=O)N(CC=C)C3CCCCC3)[C@]23CC[C@H]1O3)c1ccccc1. The molecular formula is C39H55N3O7. The molecule has 49 heavy (non-hydrogen) atoms. The molecule has 0 unspecified atom stereocenters. The Kier molecular flexibility index (Phi) is 12.0. The topological polar surface area (TPSA) is 125 Å². The van der Waals surface area contributed by atoms with Crippen LogP contribution in [0.1, 0.15) is 96.6 Å². The lowest BCUT2D eigenvalue weighted by atomic mass is 9.70. The Bertz CT molecular complexity index is 1360. The van der Waals surface area contributed by atoms with E-state index in [1.165, 1.54) is 0 Å². The van der Waals surface area contributed by atoms with Gasteiger partial charge in [0.1, 0.15) is 17.7 Å². The molecule has 0 radical (unpaired) electrons. The van der Waals surface area contributed by atoms with Crippen LogP contribution in [0.15, 0.2) is 55.6 Å². The molecule has 3 aliphatic heterocycles. The van der Waals surface area contributed by atoms with Crippen LogP contribution in [0.4, 0.5) is 0 Å². The molecule has 1 aliphatic carbocycles. The fourth-order valence-corrected chi connectivity index (χ4v) is 8.90. The smallest absolute Gasteiger partial charge is 0.313 e. The van der Waals surface area contributed by atoms with Gasteiger partial charge in [-0.1, -0.05) is 75.6 Å². The van der Waals surface area contributed by atoms with Gasteiger partial charge in [0.2, 0.25) is 17.7 Å². The summed E-state index contributed by atoms with van der Waals surface area (Å²) in [4.78, 5) is 60.1. The highest BCUT2D eigenvalue weighted by atomic mass is 16.6. The molecule has 3 amide bonds. The molecule has 5 rings (SSSR count). The van der Waals surface area contributed by atoms with Gasteiger partial charge < -0.3 is 29.7 Å². The maximum absolute atomic E-state index is 14.9. The lowest BCUT2D eigenvalue weighted by molar-refractivity contribution is -0.163. The van der Waals surface area contributed by atoms with Gasteiger partial charge in [0, 0.05) is 19.0 Å². The zero-order chi connectivity index (χ0) is 35.3. The van der Waals surface area contributed by atoms with Crippen molar-refractivity contribution >= 4 is 23.7 Å². The van der Waals surface area contributed by atoms with Crippen LogP contribution in [0, 0.1) is 17.8 Å². The van der Waals surface area contributed by atoms with Gasteiger partial charge in [-0.25, -0.2) is 0 Å². The first kappa shape index (κ1) is 36.8. The molecular weight excluding hydrogens is 622 g/mol. The Hall–Kier alpha value is -3.50. The Labute approximate surface area is 291 Å². The highest BCUT2D eigenvalue weighted by molar-refractivity contribution is 5.98. The van der Waals surface area contributed by atoms with Gasteiger partial charge in [-0.3, -0.25) is 19.2 Å². The number of benzene rings is 1. The minimum atomic E-state index is -1.21. The molecule has 1 aromatic rings. The largest absolute Gasteiger partial charge is 0.455 e. The maximum Gasteiger partial charge on any atom is 0.313 e. The molecule has 10 nitrogen and oxygen atoms in total. The third kappa shape index (κ3) is 7.36. The average Bonchev–Trinajstić information content (AvgIpc) is 3.75. The second kappa shape index (κ2) is 16.0. The minimum absolute atomic E-state index is 0.0264. The standard InChI is InChI=1S/C39H55N3O7/c1-6-8-19-31(44)40-26(5)34(27-15-11-9-12-16-27)48-38(47)32-30-20-21-39(49-30)33(32)36(45)42(29(24-43)23-25(3)4)35(39)37(46)41(22-7-2)28-17-13-10-14-18-28/h6-7,9,11-12,15-16,25-26,28-30,32-35,43H,1-2,8,10,13-14,17-24H2,3-5H3,(H,40,44)/t26-,29+,30+,32-,33-,34-,35+,39-/m0/s1. The molecule has 3 heterocycles. The van der Waals surface area contributed by atoms with Gasteiger partial charge >= 0.3 is 5.97 Å². The van der Waals surface area contributed by atoms with Gasteiger partial charge in [-0.2, -0.15) is 0 Å². The molecule has 10 heteroatoms. The van der Waals surface area contributed by atoms with Gasteiger partial charge in [-0.05, 0) is 56.9 Å². The van der Waals surface area contributed by atoms with Crippen LogP contribution >= 0.6 is 0 Å². The number of hydrogen-bond acceptors (Lipinski definition) is 7. The zero-order valence-corrected chi connectivity index (χ0v) is 29.4. The summed E-state index contributed by atoms with van der Waals surface area (Å²) in [6.07, 6.45) is 9.19. The predicted molar refractivity (Wildman–Crippen MR) is 186 cm³/mol. The first-order chi connectivity index (χ1) is 23.6. The van der Waals surface area contributed by atoms with Crippen LogP contribution in [-0.2, 0) is 28.7 Å². The second-order valence-electron chi connectivity index (χ2n) is 14.8. The van der Waals surface area contributed by atoms with E-state index in [0.29, 0.717) is 37.8 Å². The minimum Gasteiger partial charge on any atom is -0.455 e. The number of esters is 1. The van der Waals surface area contributed by atoms with Crippen LogP contribution in [0.2, 0.25) is 0 Å². The summed E-state index contributed by atoms with van der Waals surface area (Å²) in [5, 5.41) is 13.6. The van der Waals surface area contributed by atoms with Crippen molar-refractivity contribution in [3.05, 3.63) is 61.2 Å². The van der Waals surface area contributed by atoms with Crippen molar-refractivity contribution in [2.24, 2.45) is 17.8 Å². The first-order valence-corrected chi connectivity index (χ1v) is 18.3. The molecule has 3 saturated heterocycles. The quantitative estimate of drug-likeness (QED) is 0.189. The fourth-order valence-electron chi connectivity index (χ4n) is 8.90. The first-order valence-electron chi connectivity index (χ1n) is 18.3. The van der Waals surface area contributed by atoms with Gasteiger partial charge in [0.25, 0.3) is 0 Å². The summed E-state index contributed by atoms with van der Waals surface area (Å²) in [5.74, 6) is -3.02. The summed E-state index contributed by atoms with van der Waals surface area (Å²) in [5.41, 5.74) is -0.503. The van der Waals surface area contributed by atoms with Crippen molar-refractivity contribution < 1.29 is 33.8 Å². The molecule has 0 aromatic heterocycles. The highest BCUT2D eigenvalue weighted by Gasteiger charge is 2.76. The van der Waals surface area contributed by atoms with E-state index in [1.807, 2.05) is 49.1 Å². The van der Waals surface area contributed by atoms with E-state index in [9.17, 15) is 24.3 Å². The zero-order valence-electron chi connectivity index (χ0n) is 29.4. The molecule has 1 saturated carbocycles. The van der Waals surface area contributed by atoms with Crippen molar-refractivity contribution in [2.45, 2.75) is 127 Å². The normalized spacial score (nSPS) is 28.1. The molecule has 4 fully saturated rings. The lowest BCUT2D eigenvalue weighted by Gasteiger charge is -2.42. The maximum atomic E-state index is 14.9. The number of carbonyl (C=O) groups excluding carboxylic acids is 4. The van der Waals surface area contributed by atoms with E-state index in [0.717, 1.165) is 32.1 Å². The molecule has 1 spiro atoms. The Morgan fingerprint density at radius 2 is 1.82 bits per heavy atom. The summed E-state index contributed by atoms with van der Waals surface area (Å²) in [6, 6.07) is 7.13. The van der Waals surface area contributed by atoms with E-state index in [-0.39, 0.29) is 42.7 Å². The average molecular weight is 678 g/mol. The van der Waals surface area contributed by atoms with Crippen molar-refractivity contribution in [1.82, 2.24) is 15.1 Å². The Morgan fingerprint density at radius 3 is 2.45 bits per heavy atom. The molecule has 268 valence electrons. The molecule has 4 aliphatic rings. The highest BCUT2D eigenvalue weighted by Crippen LogP contribution is 2.59. The van der Waals surface area contributed by atoms with Gasteiger partial charge in [-0.15, -0.1) is 13.2 Å². The van der Waals surface area contributed by atoms with Crippen LogP contribution in [-0.4, -0.2) is 87.6 Å². The Morgan fingerprint density at radius 1 is 1.10 bits per heavy atom. The molecule has 2 bridgehead atoms. The van der Waals surface area contributed by atoms with Crippen LogP contribution in [0.3, 0.4) is 0 Å². The van der Waals surface area contributed by atoms with Crippen molar-refractivity contribution in [3.63, 3.8) is 0 Å². The number of amides is 3. The van der Waals surface area contributed by atoms with Crippen LogP contribution in [0.5, 0.6) is 0 Å². The molecule has 1 aromatic carbocycles. The number of carbonyl (C=O) groups is 4. The Balaban J connectivity index is 1.49. The monoisotopic (exact) mass is 677 g/mol. The summed E-state index contributed by atoms with van der Waals surface area (Å²) >= 11 is 0. The van der Waals surface area contributed by atoms with E-state index in [4.69, 9.17) is 9.47 Å². The van der Waals surface area contributed by atoms with Crippen LogP contribution in [0.25, 0.3) is 0 Å². The number of aliphatic hydroxyl groups excluding tert-OH is 1. The summed E-state index contributed by atoms with van der Waals surface area (Å²) in [6.45, 7) is 13.5. The number of hydrogen-bond donors (Lipinski definition) is 2. The number of nitrogens with zero attached hydrogens (tertiary/aromatic N) is 2. The summed E-state index contributed by atoms with van der Waals surface area (Å²) in [7, 11) is 0. The van der Waals surface area contributed by atoms with E-state index >= 15 is 0 Å². The van der Waals surface area contributed by atoms with Gasteiger partial charge in [0.05, 0.1) is 36.6 Å². The van der Waals surface area contributed by atoms with Crippen molar-refractivity contribution in [1.29, 1.82) is 0 Å². The number of aliphatic hydroxyl groups is 1. The van der Waals surface area contributed by atoms with E-state index in [1.54, 1.807) is 24.0 Å². The third-order valence-corrected chi connectivity index (χ3v) is 11.0. The number of fused-ring (bicyclic) bond motifs is 1. The van der Waals surface area contributed by atoms with Crippen molar-refractivity contribution in [2.75, 3.05) is 13.2 Å². The molecule has 8 atom stereocenters. The number of likely N-dealkylation sites (tertiary alicyclic amines) is 1. The summed E-state index contributed by atoms with van der Waals surface area (Å²) < 4.78 is 13.0. The number of rotatable bonds is 16. The van der Waals surface area contributed by atoms with Gasteiger partial charge in [0.15, 0.2) is 0 Å². The number of allylic oxidation sites excluding steroid dienone is 1. The number of ether oxygens (including phenoxy) is 2. The second-order valence-corrected chi connectivity index (χ2v) is 14.8. The lowest BCUT2D eigenvalue weighted by Crippen LogP contribution is -2.60. The van der Waals surface area contributed by atoms with Crippen LogP contribution < -0.4 is 5.32 Å². The van der Waals surface area contributed by atoms with Crippen molar-refractivity contribution in [3.8, 4) is 0 Å². The third-order valence-electron chi connectivity index (χ3n) is 11.0. The van der Waals surface area contributed by atoms with E-state index in [2.05, 4.69) is 18.5 Å². The van der Waals surface area contributed by atoms with E-state index < -0.39 is 53.7 Å². The fraction of sp³-hybridized carbons (Fsp3) is 0.641. The number of nitrogens with one attached hydrogen (secondary N) is 1. The predicted octanol–water partition coefficient (Wildman–Crippen LogP) is 4.87.